The lowest BCUT2D eigenvalue weighted by Crippen LogP contribution is -2.53. The molecule has 0 bridgehead atoms. The summed E-state index contributed by atoms with van der Waals surface area (Å²) in [4.78, 5) is 14.0. The van der Waals surface area contributed by atoms with Crippen LogP contribution in [0.15, 0.2) is 11.3 Å². The van der Waals surface area contributed by atoms with E-state index in [-0.39, 0.29) is 12.1 Å². The molecule has 6 heteroatoms. The second-order valence-corrected chi connectivity index (χ2v) is 6.31. The molecule has 4 N–H and O–H groups in total. The highest BCUT2D eigenvalue weighted by molar-refractivity contribution is 6.01. The number of piperidine rings is 1. The molecule has 6 nitrogen and oxygen atoms in total. The molecule has 1 atom stereocenters. The summed E-state index contributed by atoms with van der Waals surface area (Å²) in [6, 6.07) is -0.186. The number of ether oxygens (including phenoxy) is 1. The molecular formula is C14H24N4O2. The SMILES string of the molecule is CC(C)(C)OC(=O)N1CCC(=N)C2=C(N)CCNCC21. The van der Waals surface area contributed by atoms with Crippen LogP contribution in [0.1, 0.15) is 33.6 Å². The first-order chi connectivity index (χ1) is 9.29. The number of fused-ring (bicyclic) bond motifs is 1. The van der Waals surface area contributed by atoms with Gasteiger partial charge in [-0.2, -0.15) is 0 Å². The van der Waals surface area contributed by atoms with E-state index in [1.807, 2.05) is 20.8 Å². The van der Waals surface area contributed by atoms with Gasteiger partial charge in [-0.15, -0.1) is 0 Å². The standard InChI is InChI=1S/C14H24N4O2/c1-14(2,3)20-13(19)18-7-5-10(16)12-9(15)4-6-17-8-11(12)18/h11,16-17H,4-8,15H2,1-3H3. The van der Waals surface area contributed by atoms with Crippen LogP contribution in [0, 0.1) is 5.41 Å². The van der Waals surface area contributed by atoms with E-state index in [0.29, 0.717) is 25.2 Å². The molecule has 1 unspecified atom stereocenters. The van der Waals surface area contributed by atoms with Crippen molar-refractivity contribution in [2.45, 2.75) is 45.3 Å². The molecule has 2 aliphatic heterocycles. The van der Waals surface area contributed by atoms with E-state index in [4.69, 9.17) is 15.9 Å². The third kappa shape index (κ3) is 3.12. The Bertz CT molecular complexity index is 451. The van der Waals surface area contributed by atoms with Crippen LogP contribution in [0.25, 0.3) is 0 Å². The lowest BCUT2D eigenvalue weighted by Gasteiger charge is -2.38. The summed E-state index contributed by atoms with van der Waals surface area (Å²) in [7, 11) is 0. The van der Waals surface area contributed by atoms with Gasteiger partial charge in [-0.1, -0.05) is 0 Å². The van der Waals surface area contributed by atoms with Crippen molar-refractivity contribution in [2.24, 2.45) is 5.73 Å². The van der Waals surface area contributed by atoms with Crippen LogP contribution in [0.5, 0.6) is 0 Å². The molecule has 0 saturated carbocycles. The summed E-state index contributed by atoms with van der Waals surface area (Å²) in [6.45, 7) is 7.48. The Labute approximate surface area is 119 Å². The molecule has 112 valence electrons. The van der Waals surface area contributed by atoms with Crippen molar-refractivity contribution in [1.82, 2.24) is 10.2 Å². The number of rotatable bonds is 0. The number of nitrogens with one attached hydrogen (secondary N) is 2. The minimum atomic E-state index is -0.518. The zero-order valence-corrected chi connectivity index (χ0v) is 12.5. The normalized spacial score (nSPS) is 24.2. The fourth-order valence-corrected chi connectivity index (χ4v) is 2.64. The maximum Gasteiger partial charge on any atom is 0.410 e. The lowest BCUT2D eigenvalue weighted by atomic mass is 9.92. The fourth-order valence-electron chi connectivity index (χ4n) is 2.64. The highest BCUT2D eigenvalue weighted by atomic mass is 16.6. The van der Waals surface area contributed by atoms with Crippen molar-refractivity contribution in [3.05, 3.63) is 11.3 Å². The Kier molecular flexibility index (Phi) is 4.04. The molecule has 2 heterocycles. The average molecular weight is 280 g/mol. The molecule has 0 aromatic heterocycles. The number of likely N-dealkylation sites (tertiary alicyclic amines) is 1. The second kappa shape index (κ2) is 5.44. The first kappa shape index (κ1) is 14.8. The van der Waals surface area contributed by atoms with Crippen LogP contribution in [-0.2, 0) is 4.74 Å². The Balaban J connectivity index is 2.25. The van der Waals surface area contributed by atoms with Crippen LogP contribution in [0.2, 0.25) is 0 Å². The highest BCUT2D eigenvalue weighted by Gasteiger charge is 2.37. The van der Waals surface area contributed by atoms with Gasteiger partial charge in [-0.3, -0.25) is 4.90 Å². The molecule has 1 amide bonds. The lowest BCUT2D eigenvalue weighted by molar-refractivity contribution is 0.0190. The van der Waals surface area contributed by atoms with Gasteiger partial charge in [0.05, 0.1) is 6.04 Å². The predicted molar refractivity (Wildman–Crippen MR) is 77.8 cm³/mol. The fraction of sp³-hybridized carbons (Fsp3) is 0.714. The van der Waals surface area contributed by atoms with Crippen LogP contribution in [-0.4, -0.2) is 48.0 Å². The van der Waals surface area contributed by atoms with Crippen LogP contribution >= 0.6 is 0 Å². The third-order valence-corrected chi connectivity index (χ3v) is 3.52. The van der Waals surface area contributed by atoms with Crippen LogP contribution in [0.3, 0.4) is 0 Å². The van der Waals surface area contributed by atoms with Crippen LogP contribution < -0.4 is 11.1 Å². The van der Waals surface area contributed by atoms with Gasteiger partial charge in [0.25, 0.3) is 0 Å². The number of hydrogen-bond donors (Lipinski definition) is 3. The Hall–Kier alpha value is -1.56. The van der Waals surface area contributed by atoms with E-state index in [1.165, 1.54) is 0 Å². The van der Waals surface area contributed by atoms with Gasteiger partial charge >= 0.3 is 6.09 Å². The van der Waals surface area contributed by atoms with E-state index in [0.717, 1.165) is 24.2 Å². The summed E-state index contributed by atoms with van der Waals surface area (Å²) in [6.07, 6.45) is 0.923. The van der Waals surface area contributed by atoms with Gasteiger partial charge < -0.3 is 21.2 Å². The van der Waals surface area contributed by atoms with E-state index >= 15 is 0 Å². The second-order valence-electron chi connectivity index (χ2n) is 6.31. The summed E-state index contributed by atoms with van der Waals surface area (Å²) >= 11 is 0. The van der Waals surface area contributed by atoms with Gasteiger partial charge in [0.15, 0.2) is 0 Å². The number of hydrogen-bond acceptors (Lipinski definition) is 5. The third-order valence-electron chi connectivity index (χ3n) is 3.52. The predicted octanol–water partition coefficient (Wildman–Crippen LogP) is 1.22. The van der Waals surface area contributed by atoms with Crippen molar-refractivity contribution in [2.75, 3.05) is 19.6 Å². The number of nitrogens with two attached hydrogens (primary N) is 1. The Morgan fingerprint density at radius 3 is 2.80 bits per heavy atom. The molecule has 0 aliphatic carbocycles. The van der Waals surface area contributed by atoms with Crippen molar-refractivity contribution < 1.29 is 9.53 Å². The number of nitrogens with zero attached hydrogens (tertiary/aromatic N) is 1. The first-order valence-corrected chi connectivity index (χ1v) is 7.06. The molecule has 2 rings (SSSR count). The van der Waals surface area contributed by atoms with Gasteiger partial charge in [-0.05, 0) is 27.2 Å². The van der Waals surface area contributed by atoms with Crippen molar-refractivity contribution in [3.8, 4) is 0 Å². The van der Waals surface area contributed by atoms with Crippen molar-refractivity contribution >= 4 is 11.8 Å². The number of carbonyl (C=O) groups is 1. The van der Waals surface area contributed by atoms with E-state index in [9.17, 15) is 4.79 Å². The molecule has 20 heavy (non-hydrogen) atoms. The summed E-state index contributed by atoms with van der Waals surface area (Å²) in [5, 5.41) is 11.4. The molecule has 0 radical (unpaired) electrons. The van der Waals surface area contributed by atoms with Gasteiger partial charge in [-0.25, -0.2) is 4.79 Å². The topological polar surface area (TPSA) is 91.4 Å². The minimum absolute atomic E-state index is 0.186. The first-order valence-electron chi connectivity index (χ1n) is 7.06. The number of carbonyl (C=O) groups excluding carboxylic acids is 1. The van der Waals surface area contributed by atoms with Gasteiger partial charge in [0, 0.05) is 43.0 Å². The van der Waals surface area contributed by atoms with Crippen molar-refractivity contribution in [1.29, 1.82) is 5.41 Å². The number of amides is 1. The minimum Gasteiger partial charge on any atom is -0.444 e. The zero-order valence-electron chi connectivity index (χ0n) is 12.5. The van der Waals surface area contributed by atoms with Gasteiger partial charge in [0.1, 0.15) is 5.60 Å². The summed E-state index contributed by atoms with van der Waals surface area (Å²) in [5.74, 6) is 0. The average Bonchev–Trinajstić information content (AvgIpc) is 2.50. The molecule has 0 aromatic carbocycles. The zero-order chi connectivity index (χ0) is 14.9. The van der Waals surface area contributed by atoms with Crippen molar-refractivity contribution in [3.63, 3.8) is 0 Å². The van der Waals surface area contributed by atoms with Crippen LogP contribution in [0.4, 0.5) is 4.79 Å². The Morgan fingerprint density at radius 1 is 1.45 bits per heavy atom. The molecular weight excluding hydrogens is 256 g/mol. The largest absolute Gasteiger partial charge is 0.444 e. The monoisotopic (exact) mass is 280 g/mol. The summed E-state index contributed by atoms with van der Waals surface area (Å²) in [5.41, 5.74) is 7.66. The quantitative estimate of drug-likeness (QED) is 0.622. The molecule has 1 fully saturated rings. The molecule has 0 aromatic rings. The van der Waals surface area contributed by atoms with E-state index in [2.05, 4.69) is 5.32 Å². The molecule has 0 spiro atoms. The maximum atomic E-state index is 12.3. The van der Waals surface area contributed by atoms with Gasteiger partial charge in [0.2, 0.25) is 0 Å². The Morgan fingerprint density at radius 2 is 2.15 bits per heavy atom. The smallest absolute Gasteiger partial charge is 0.410 e. The van der Waals surface area contributed by atoms with E-state index < -0.39 is 5.60 Å². The molecule has 1 saturated heterocycles. The maximum absolute atomic E-state index is 12.3. The highest BCUT2D eigenvalue weighted by Crippen LogP contribution is 2.26. The summed E-state index contributed by atoms with van der Waals surface area (Å²) < 4.78 is 5.46. The van der Waals surface area contributed by atoms with E-state index in [1.54, 1.807) is 4.90 Å². The molecule has 2 aliphatic rings.